The number of hydrogen-bond acceptors (Lipinski definition) is 7. The fourth-order valence-corrected chi connectivity index (χ4v) is 8.56. The second kappa shape index (κ2) is 10.2. The van der Waals surface area contributed by atoms with Gasteiger partial charge in [-0.15, -0.1) is 0 Å². The Morgan fingerprint density at radius 2 is 1.77 bits per heavy atom. The summed E-state index contributed by atoms with van der Waals surface area (Å²) in [5.41, 5.74) is 1.71. The minimum atomic E-state index is -3.85. The largest absolute Gasteiger partial charge is 0.455 e. The van der Waals surface area contributed by atoms with Gasteiger partial charge in [0.15, 0.2) is 9.84 Å². The predicted molar refractivity (Wildman–Crippen MR) is 147 cm³/mol. The van der Waals surface area contributed by atoms with Gasteiger partial charge in [-0.25, -0.2) is 21.2 Å². The third kappa shape index (κ3) is 5.29. The van der Waals surface area contributed by atoms with Crippen LogP contribution < -0.4 is 9.62 Å². The molecule has 2 heterocycles. The average molecular weight is 579 g/mol. The molecule has 1 amide bonds. The van der Waals surface area contributed by atoms with Crippen LogP contribution in [0.5, 0.6) is 0 Å². The van der Waals surface area contributed by atoms with Crippen LogP contribution >= 0.6 is 0 Å². The van der Waals surface area contributed by atoms with E-state index in [-0.39, 0.29) is 29.2 Å². The van der Waals surface area contributed by atoms with Gasteiger partial charge < -0.3 is 14.5 Å². The Balaban J connectivity index is 1.63. The summed E-state index contributed by atoms with van der Waals surface area (Å²) in [6, 6.07) is 8.70. The standard InChI is InChI=1S/C27H31FN2O7S2/c1-16-21-12-22-24(37-26(25(22)27(31)29-2)17-8-10-18(28)11-9-17)13-23(21)30(38(3,32)33)14-19(36-16)15-39(34,35)20-6-4-5-7-20/h8-13,16,19-20H,4-7,14-15H2,1-3H3,(H,29,31)/t16-,19-/m0/s1. The lowest BCUT2D eigenvalue weighted by molar-refractivity contribution is 0.0192. The molecule has 5 rings (SSSR count). The molecule has 0 radical (unpaired) electrons. The Morgan fingerprint density at radius 1 is 1.10 bits per heavy atom. The van der Waals surface area contributed by atoms with Crippen molar-refractivity contribution in [2.75, 3.05) is 29.9 Å². The summed E-state index contributed by atoms with van der Waals surface area (Å²) >= 11 is 0. The zero-order chi connectivity index (χ0) is 28.1. The van der Waals surface area contributed by atoms with Gasteiger partial charge in [-0.2, -0.15) is 0 Å². The van der Waals surface area contributed by atoms with Crippen molar-refractivity contribution in [3.8, 4) is 11.3 Å². The van der Waals surface area contributed by atoms with Crippen LogP contribution in [0.3, 0.4) is 0 Å². The Hall–Kier alpha value is -2.96. The van der Waals surface area contributed by atoms with Gasteiger partial charge in [0, 0.05) is 29.6 Å². The maximum atomic E-state index is 13.6. The number of halogens is 1. The van der Waals surface area contributed by atoms with E-state index < -0.39 is 49.0 Å². The molecule has 0 spiro atoms. The number of rotatable bonds is 6. The Bertz CT molecular complexity index is 1630. The van der Waals surface area contributed by atoms with E-state index in [0.717, 1.165) is 23.4 Å². The number of furan rings is 1. The van der Waals surface area contributed by atoms with Gasteiger partial charge in [0.05, 0.1) is 47.3 Å². The number of nitrogens with zero attached hydrogens (tertiary/aromatic N) is 1. The molecule has 12 heteroatoms. The molecule has 3 aromatic rings. The fraction of sp³-hybridized carbons (Fsp3) is 0.444. The van der Waals surface area contributed by atoms with Gasteiger partial charge in [0.1, 0.15) is 17.2 Å². The fourth-order valence-electron chi connectivity index (χ4n) is 5.58. The second-order valence-electron chi connectivity index (χ2n) is 10.2. The molecule has 1 aromatic heterocycles. The molecule has 0 bridgehead atoms. The number of ether oxygens (including phenoxy) is 1. The summed E-state index contributed by atoms with van der Waals surface area (Å²) in [7, 11) is -5.86. The first kappa shape index (κ1) is 27.6. The number of hydrogen-bond donors (Lipinski definition) is 1. The van der Waals surface area contributed by atoms with E-state index in [4.69, 9.17) is 9.15 Å². The molecule has 1 N–H and O–H groups in total. The van der Waals surface area contributed by atoms with Gasteiger partial charge in [-0.3, -0.25) is 9.10 Å². The van der Waals surface area contributed by atoms with E-state index in [1.54, 1.807) is 19.1 Å². The number of carbonyl (C=O) groups excluding carboxylic acids is 1. The summed E-state index contributed by atoms with van der Waals surface area (Å²) in [6.45, 7) is 1.55. The van der Waals surface area contributed by atoms with Crippen LogP contribution in [0.4, 0.5) is 10.1 Å². The first-order valence-electron chi connectivity index (χ1n) is 12.8. The van der Waals surface area contributed by atoms with Crippen molar-refractivity contribution < 1.29 is 35.2 Å². The lowest BCUT2D eigenvalue weighted by atomic mass is 10.0. The maximum absolute atomic E-state index is 13.6. The molecule has 1 saturated carbocycles. The highest BCUT2D eigenvalue weighted by Crippen LogP contribution is 2.42. The van der Waals surface area contributed by atoms with Crippen molar-refractivity contribution in [2.45, 2.75) is 50.1 Å². The van der Waals surface area contributed by atoms with E-state index in [1.807, 2.05) is 0 Å². The van der Waals surface area contributed by atoms with E-state index in [1.165, 1.54) is 31.3 Å². The third-order valence-electron chi connectivity index (χ3n) is 7.50. The molecule has 210 valence electrons. The molecule has 0 saturated heterocycles. The minimum absolute atomic E-state index is 0.179. The summed E-state index contributed by atoms with van der Waals surface area (Å²) in [5, 5.41) is 2.59. The number of nitrogens with one attached hydrogen (secondary N) is 1. The smallest absolute Gasteiger partial charge is 0.255 e. The van der Waals surface area contributed by atoms with Gasteiger partial charge in [0.2, 0.25) is 10.0 Å². The topological polar surface area (TPSA) is 123 Å². The number of fused-ring (bicyclic) bond motifs is 2. The van der Waals surface area contributed by atoms with Crippen molar-refractivity contribution >= 4 is 42.4 Å². The van der Waals surface area contributed by atoms with Gasteiger partial charge in [-0.1, -0.05) is 12.8 Å². The van der Waals surface area contributed by atoms with Crippen LogP contribution in [0.25, 0.3) is 22.3 Å². The molecule has 1 aliphatic heterocycles. The normalized spacial score (nSPS) is 20.7. The zero-order valence-corrected chi connectivity index (χ0v) is 23.6. The molecular weight excluding hydrogens is 547 g/mol. The van der Waals surface area contributed by atoms with Crippen molar-refractivity contribution in [3.05, 3.63) is 53.3 Å². The molecule has 1 aliphatic carbocycles. The summed E-state index contributed by atoms with van der Waals surface area (Å²) < 4.78 is 79.2. The highest BCUT2D eigenvalue weighted by atomic mass is 32.2. The molecule has 39 heavy (non-hydrogen) atoms. The number of carbonyl (C=O) groups is 1. The van der Waals surface area contributed by atoms with E-state index >= 15 is 0 Å². The first-order chi connectivity index (χ1) is 18.4. The van der Waals surface area contributed by atoms with Crippen molar-refractivity contribution in [1.82, 2.24) is 5.32 Å². The Morgan fingerprint density at radius 3 is 2.38 bits per heavy atom. The second-order valence-corrected chi connectivity index (χ2v) is 14.5. The van der Waals surface area contributed by atoms with Gasteiger partial charge >= 0.3 is 0 Å². The van der Waals surface area contributed by atoms with Crippen molar-refractivity contribution in [3.63, 3.8) is 0 Å². The molecule has 9 nitrogen and oxygen atoms in total. The van der Waals surface area contributed by atoms with Crippen LogP contribution in [0.15, 0.2) is 40.8 Å². The summed E-state index contributed by atoms with van der Waals surface area (Å²) in [6.07, 6.45) is 2.43. The predicted octanol–water partition coefficient (Wildman–Crippen LogP) is 4.18. The number of sulfone groups is 1. The quantitative estimate of drug-likeness (QED) is 0.466. The van der Waals surface area contributed by atoms with Crippen LogP contribution in [0.1, 0.15) is 54.6 Å². The van der Waals surface area contributed by atoms with Crippen molar-refractivity contribution in [2.24, 2.45) is 0 Å². The minimum Gasteiger partial charge on any atom is -0.455 e. The highest BCUT2D eigenvalue weighted by Gasteiger charge is 2.38. The van der Waals surface area contributed by atoms with Crippen LogP contribution in [0, 0.1) is 5.82 Å². The molecule has 1 fully saturated rings. The number of sulfonamides is 1. The highest BCUT2D eigenvalue weighted by molar-refractivity contribution is 7.92. The van der Waals surface area contributed by atoms with Crippen LogP contribution in [-0.4, -0.2) is 59.7 Å². The summed E-state index contributed by atoms with van der Waals surface area (Å²) in [4.78, 5) is 13.0. The molecule has 2 aliphatic rings. The van der Waals surface area contributed by atoms with Crippen LogP contribution in [-0.2, 0) is 24.6 Å². The lowest BCUT2D eigenvalue weighted by Gasteiger charge is -2.25. The monoisotopic (exact) mass is 578 g/mol. The number of benzene rings is 2. The van der Waals surface area contributed by atoms with E-state index in [9.17, 15) is 26.0 Å². The lowest BCUT2D eigenvalue weighted by Crippen LogP contribution is -2.41. The SMILES string of the molecule is CNC(=O)c1c(-c2ccc(F)cc2)oc2cc3c(cc12)[C@H](C)O[C@H](CS(=O)(=O)C1CCCC1)CN3S(C)(=O)=O. The van der Waals surface area contributed by atoms with Gasteiger partial charge in [0.25, 0.3) is 5.91 Å². The third-order valence-corrected chi connectivity index (χ3v) is 11.0. The van der Waals surface area contributed by atoms with Crippen LogP contribution in [0.2, 0.25) is 0 Å². The maximum Gasteiger partial charge on any atom is 0.255 e. The first-order valence-corrected chi connectivity index (χ1v) is 16.4. The average Bonchev–Trinajstić information content (AvgIpc) is 3.51. The zero-order valence-electron chi connectivity index (χ0n) is 21.9. The van der Waals surface area contributed by atoms with E-state index in [0.29, 0.717) is 35.0 Å². The Kier molecular flexibility index (Phi) is 7.23. The molecule has 2 atom stereocenters. The Labute approximate surface area is 227 Å². The summed E-state index contributed by atoms with van der Waals surface area (Å²) in [5.74, 6) is -0.946. The van der Waals surface area contributed by atoms with Crippen molar-refractivity contribution in [1.29, 1.82) is 0 Å². The number of anilines is 1. The molecule has 2 aromatic carbocycles. The number of amides is 1. The van der Waals surface area contributed by atoms with Gasteiger partial charge in [-0.05, 0) is 50.1 Å². The molecular formula is C27H31FN2O7S2. The molecule has 0 unspecified atom stereocenters. The van der Waals surface area contributed by atoms with E-state index in [2.05, 4.69) is 5.32 Å².